The molecule has 0 aliphatic heterocycles. The minimum Gasteiger partial charge on any atom is -0.480 e. The van der Waals surface area contributed by atoms with Crippen LogP contribution in [-0.4, -0.2) is 40.8 Å². The van der Waals surface area contributed by atoms with E-state index in [1.807, 2.05) is 50.2 Å². The van der Waals surface area contributed by atoms with Gasteiger partial charge in [0.1, 0.15) is 6.04 Å². The van der Waals surface area contributed by atoms with Crippen LogP contribution in [0.4, 0.5) is 0 Å². The predicted octanol–water partition coefficient (Wildman–Crippen LogP) is 4.08. The highest BCUT2D eigenvalue weighted by Gasteiger charge is 2.32. The number of hydrogen-bond acceptors (Lipinski definition) is 3. The predicted molar refractivity (Wildman–Crippen MR) is 113 cm³/mol. The molecule has 1 amide bonds. The first kappa shape index (κ1) is 22.3. The zero-order valence-corrected chi connectivity index (χ0v) is 17.2. The van der Waals surface area contributed by atoms with Crippen molar-refractivity contribution < 1.29 is 19.5 Å². The smallest absolute Gasteiger partial charge is 0.326 e. The Morgan fingerprint density at radius 3 is 2.00 bits per heavy atom. The third-order valence-corrected chi connectivity index (χ3v) is 5.00. The molecule has 2 aromatic rings. The van der Waals surface area contributed by atoms with Gasteiger partial charge in [-0.15, -0.1) is 0 Å². The molecule has 0 aromatic heterocycles. The summed E-state index contributed by atoms with van der Waals surface area (Å²) in [5, 5.41) is 9.61. The van der Waals surface area contributed by atoms with Gasteiger partial charge in [0.25, 0.3) is 0 Å². The van der Waals surface area contributed by atoms with Crippen molar-refractivity contribution in [3.05, 3.63) is 71.8 Å². The van der Waals surface area contributed by atoms with Gasteiger partial charge in [0.05, 0.1) is 0 Å². The van der Waals surface area contributed by atoms with Gasteiger partial charge in [0, 0.05) is 24.9 Å². The van der Waals surface area contributed by atoms with E-state index in [1.165, 1.54) is 11.9 Å². The Hall–Kier alpha value is -2.95. The van der Waals surface area contributed by atoms with E-state index in [4.69, 9.17) is 0 Å². The van der Waals surface area contributed by atoms with Crippen LogP contribution in [0.15, 0.2) is 60.7 Å². The topological polar surface area (TPSA) is 74.7 Å². The second-order valence-corrected chi connectivity index (χ2v) is 7.81. The first-order chi connectivity index (χ1) is 13.8. The molecular weight excluding hydrogens is 366 g/mol. The molecule has 2 rings (SSSR count). The van der Waals surface area contributed by atoms with Crippen molar-refractivity contribution in [2.75, 3.05) is 7.05 Å². The molecule has 2 aromatic carbocycles. The SMILES string of the molecule is CC(C)C[C@H](C(=O)O)N(C)C(=O)C(CC(=O)c1ccccc1)Cc1ccccc1. The monoisotopic (exact) mass is 395 g/mol. The Morgan fingerprint density at radius 1 is 0.931 bits per heavy atom. The lowest BCUT2D eigenvalue weighted by Crippen LogP contribution is -2.46. The van der Waals surface area contributed by atoms with Gasteiger partial charge in [0.2, 0.25) is 5.91 Å². The molecule has 1 unspecified atom stereocenters. The number of benzene rings is 2. The second-order valence-electron chi connectivity index (χ2n) is 7.81. The zero-order chi connectivity index (χ0) is 21.4. The largest absolute Gasteiger partial charge is 0.480 e. The van der Waals surface area contributed by atoms with Gasteiger partial charge in [0.15, 0.2) is 5.78 Å². The number of carboxylic acids is 1. The maximum absolute atomic E-state index is 13.3. The fourth-order valence-corrected chi connectivity index (χ4v) is 3.42. The molecule has 1 N–H and O–H groups in total. The summed E-state index contributed by atoms with van der Waals surface area (Å²) in [5.41, 5.74) is 1.49. The first-order valence-corrected chi connectivity index (χ1v) is 9.91. The Bertz CT molecular complexity index is 817. The zero-order valence-electron chi connectivity index (χ0n) is 17.2. The number of Topliss-reactive ketones (excluding diaryl/α,β-unsaturated/α-hetero) is 1. The van der Waals surface area contributed by atoms with Crippen molar-refractivity contribution in [3.8, 4) is 0 Å². The molecule has 0 radical (unpaired) electrons. The van der Waals surface area contributed by atoms with E-state index >= 15 is 0 Å². The molecule has 0 fully saturated rings. The molecule has 2 atom stereocenters. The Balaban J connectivity index is 2.26. The van der Waals surface area contributed by atoms with E-state index in [-0.39, 0.29) is 24.0 Å². The number of hydrogen-bond donors (Lipinski definition) is 1. The Morgan fingerprint density at radius 2 is 1.48 bits per heavy atom. The molecule has 0 heterocycles. The molecule has 154 valence electrons. The van der Waals surface area contributed by atoms with E-state index in [1.54, 1.807) is 24.3 Å². The van der Waals surface area contributed by atoms with Crippen molar-refractivity contribution in [2.45, 2.75) is 39.2 Å². The number of amides is 1. The van der Waals surface area contributed by atoms with Crippen LogP contribution < -0.4 is 0 Å². The fraction of sp³-hybridized carbons (Fsp3) is 0.375. The number of nitrogens with zero attached hydrogens (tertiary/aromatic N) is 1. The Labute approximate surface area is 172 Å². The molecule has 5 heteroatoms. The van der Waals surface area contributed by atoms with Crippen molar-refractivity contribution in [1.29, 1.82) is 0 Å². The van der Waals surface area contributed by atoms with Crippen LogP contribution >= 0.6 is 0 Å². The lowest BCUT2D eigenvalue weighted by Gasteiger charge is -2.29. The molecule has 0 aliphatic carbocycles. The number of carbonyl (C=O) groups excluding carboxylic acids is 2. The first-order valence-electron chi connectivity index (χ1n) is 9.91. The van der Waals surface area contributed by atoms with Crippen LogP contribution in [0.2, 0.25) is 0 Å². The highest BCUT2D eigenvalue weighted by molar-refractivity contribution is 5.99. The van der Waals surface area contributed by atoms with E-state index in [2.05, 4.69) is 0 Å². The third kappa shape index (κ3) is 6.56. The summed E-state index contributed by atoms with van der Waals surface area (Å²) in [6.07, 6.45) is 0.787. The quantitative estimate of drug-likeness (QED) is 0.615. The van der Waals surface area contributed by atoms with Crippen LogP contribution in [0, 0.1) is 11.8 Å². The molecule has 0 saturated heterocycles. The number of ketones is 1. The Kier molecular flexibility index (Phi) is 8.13. The van der Waals surface area contributed by atoms with Crippen molar-refractivity contribution in [1.82, 2.24) is 4.90 Å². The highest BCUT2D eigenvalue weighted by atomic mass is 16.4. The van der Waals surface area contributed by atoms with Crippen molar-refractivity contribution in [2.24, 2.45) is 11.8 Å². The fourth-order valence-electron chi connectivity index (χ4n) is 3.42. The van der Waals surface area contributed by atoms with Crippen LogP contribution in [0.25, 0.3) is 0 Å². The summed E-state index contributed by atoms with van der Waals surface area (Å²) >= 11 is 0. The molecular formula is C24H29NO4. The normalized spacial score (nSPS) is 13.0. The van der Waals surface area contributed by atoms with E-state index in [9.17, 15) is 19.5 Å². The minimum absolute atomic E-state index is 0.0378. The van der Waals surface area contributed by atoms with Crippen LogP contribution in [0.1, 0.15) is 42.6 Å². The molecule has 0 aliphatic rings. The lowest BCUT2D eigenvalue weighted by molar-refractivity contribution is -0.151. The van der Waals surface area contributed by atoms with E-state index in [0.29, 0.717) is 18.4 Å². The summed E-state index contributed by atoms with van der Waals surface area (Å²) in [7, 11) is 1.52. The minimum atomic E-state index is -1.03. The van der Waals surface area contributed by atoms with Crippen LogP contribution in [-0.2, 0) is 16.0 Å². The number of carboxylic acid groups (broad SMARTS) is 1. The van der Waals surface area contributed by atoms with Crippen molar-refractivity contribution in [3.63, 3.8) is 0 Å². The van der Waals surface area contributed by atoms with Gasteiger partial charge in [-0.2, -0.15) is 0 Å². The molecule has 0 bridgehead atoms. The summed E-state index contributed by atoms with van der Waals surface area (Å²) in [4.78, 5) is 39.1. The molecule has 0 spiro atoms. The third-order valence-electron chi connectivity index (χ3n) is 5.00. The van der Waals surface area contributed by atoms with Gasteiger partial charge < -0.3 is 10.0 Å². The second kappa shape index (κ2) is 10.6. The maximum Gasteiger partial charge on any atom is 0.326 e. The van der Waals surface area contributed by atoms with Gasteiger partial charge in [-0.05, 0) is 24.3 Å². The van der Waals surface area contributed by atoms with Gasteiger partial charge in [-0.3, -0.25) is 9.59 Å². The van der Waals surface area contributed by atoms with Gasteiger partial charge in [-0.1, -0.05) is 74.5 Å². The van der Waals surface area contributed by atoms with Gasteiger partial charge in [-0.25, -0.2) is 4.79 Å². The summed E-state index contributed by atoms with van der Waals surface area (Å²) in [5.74, 6) is -1.95. The number of likely N-dealkylation sites (N-methyl/N-ethyl adjacent to an activating group) is 1. The average Bonchev–Trinajstić information content (AvgIpc) is 2.71. The van der Waals surface area contributed by atoms with E-state index in [0.717, 1.165) is 5.56 Å². The molecule has 5 nitrogen and oxygen atoms in total. The number of aliphatic carboxylic acids is 1. The number of rotatable bonds is 10. The van der Waals surface area contributed by atoms with Crippen LogP contribution in [0.5, 0.6) is 0 Å². The summed E-state index contributed by atoms with van der Waals surface area (Å²) < 4.78 is 0. The maximum atomic E-state index is 13.3. The van der Waals surface area contributed by atoms with Crippen LogP contribution in [0.3, 0.4) is 0 Å². The molecule has 29 heavy (non-hydrogen) atoms. The van der Waals surface area contributed by atoms with Crippen molar-refractivity contribution >= 4 is 17.7 Å². The average molecular weight is 395 g/mol. The number of carbonyl (C=O) groups is 3. The lowest BCUT2D eigenvalue weighted by atomic mass is 9.90. The van der Waals surface area contributed by atoms with Gasteiger partial charge >= 0.3 is 5.97 Å². The standard InChI is InChI=1S/C24H29NO4/c1-17(2)14-21(24(28)29)25(3)23(27)20(15-18-10-6-4-7-11-18)16-22(26)19-12-8-5-9-13-19/h4-13,17,20-21H,14-16H2,1-3H3,(H,28,29)/t20?,21-/m1/s1. The van der Waals surface area contributed by atoms with E-state index < -0.39 is 17.9 Å². The molecule has 0 saturated carbocycles. The summed E-state index contributed by atoms with van der Waals surface area (Å²) in [6.45, 7) is 3.85. The summed E-state index contributed by atoms with van der Waals surface area (Å²) in [6, 6.07) is 17.5. The highest BCUT2D eigenvalue weighted by Crippen LogP contribution is 2.21.